The highest BCUT2D eigenvalue weighted by molar-refractivity contribution is 8.03. The van der Waals surface area contributed by atoms with Crippen LogP contribution >= 0.6 is 34.9 Å². The summed E-state index contributed by atoms with van der Waals surface area (Å²) in [6.45, 7) is 1.13. The summed E-state index contributed by atoms with van der Waals surface area (Å²) in [5.41, 5.74) is 6.69. The second-order valence-electron chi connectivity index (χ2n) is 3.67. The van der Waals surface area contributed by atoms with Crippen molar-refractivity contribution in [3.63, 3.8) is 0 Å². The minimum absolute atomic E-state index is 0.562. The maximum absolute atomic E-state index is 6.03. The van der Waals surface area contributed by atoms with E-state index in [-0.39, 0.29) is 0 Å². The van der Waals surface area contributed by atoms with Crippen molar-refractivity contribution in [2.45, 2.75) is 13.6 Å². The van der Waals surface area contributed by atoms with Gasteiger partial charge in [-0.2, -0.15) is 0 Å². The van der Waals surface area contributed by atoms with Gasteiger partial charge in [-0.3, -0.25) is 0 Å². The topological polar surface area (TPSA) is 70.3 Å². The Morgan fingerprint density at radius 1 is 1.16 bits per heavy atom. The lowest BCUT2D eigenvalue weighted by Gasteiger charge is -2.19. The Morgan fingerprint density at radius 3 is 2.53 bits per heavy atom. The summed E-state index contributed by atoms with van der Waals surface area (Å²) < 4.78 is 12.9. The molecule has 0 spiro atoms. The van der Waals surface area contributed by atoms with Crippen LogP contribution in [0, 0.1) is 0 Å². The largest absolute Gasteiger partial charge is 0.486 e. The number of hydrogen-bond acceptors (Lipinski definition) is 8. The Hall–Kier alpha value is -1.12. The van der Waals surface area contributed by atoms with Crippen LogP contribution in [-0.2, 0) is 0 Å². The fourth-order valence-electron chi connectivity index (χ4n) is 1.59. The number of aromatic nitrogens is 2. The number of rotatable bonds is 3. The number of nitrogen functional groups attached to an aromatic ring is 1. The summed E-state index contributed by atoms with van der Waals surface area (Å²) in [6.07, 6.45) is 1.98. The van der Waals surface area contributed by atoms with Gasteiger partial charge in [0.15, 0.2) is 20.2 Å². The first-order valence-electron chi connectivity index (χ1n) is 5.51. The Kier molecular flexibility index (Phi) is 3.72. The van der Waals surface area contributed by atoms with Crippen molar-refractivity contribution >= 4 is 40.5 Å². The lowest BCUT2D eigenvalue weighted by atomic mass is 10.2. The summed E-state index contributed by atoms with van der Waals surface area (Å²) in [5, 5.41) is 8.18. The summed E-state index contributed by atoms with van der Waals surface area (Å²) in [4.78, 5) is 0.910. The molecule has 0 radical (unpaired) electrons. The average Bonchev–Trinajstić information content (AvgIpc) is 2.87. The van der Waals surface area contributed by atoms with Crippen LogP contribution in [0.2, 0.25) is 0 Å². The van der Waals surface area contributed by atoms with Gasteiger partial charge >= 0.3 is 0 Å². The van der Waals surface area contributed by atoms with Crippen molar-refractivity contribution in [3.05, 3.63) is 12.1 Å². The van der Waals surface area contributed by atoms with Gasteiger partial charge in [-0.15, -0.1) is 10.2 Å². The SMILES string of the molecule is CSc1nnc(Sc2cc3c(cc2N)OCCO3)s1. The smallest absolute Gasteiger partial charge is 0.179 e. The van der Waals surface area contributed by atoms with Crippen LogP contribution in [0.1, 0.15) is 0 Å². The summed E-state index contributed by atoms with van der Waals surface area (Å²) in [5.74, 6) is 1.44. The van der Waals surface area contributed by atoms with E-state index in [1.807, 2.05) is 12.3 Å². The zero-order valence-corrected chi connectivity index (χ0v) is 12.5. The molecule has 0 amide bonds. The van der Waals surface area contributed by atoms with Crippen molar-refractivity contribution in [3.8, 4) is 11.5 Å². The standard InChI is InChI=1S/C11H11N3O2S3/c1-17-10-13-14-11(19-10)18-9-5-8-7(4-6(9)12)15-2-3-16-8/h4-5H,2-3,12H2,1H3. The maximum Gasteiger partial charge on any atom is 0.179 e. The van der Waals surface area contributed by atoms with Gasteiger partial charge in [0.05, 0.1) is 0 Å². The fourth-order valence-corrected chi connectivity index (χ4v) is 4.04. The van der Waals surface area contributed by atoms with Gasteiger partial charge in [-0.05, 0) is 6.26 Å². The molecule has 0 unspecified atom stereocenters. The van der Waals surface area contributed by atoms with E-state index in [1.165, 1.54) is 11.8 Å². The monoisotopic (exact) mass is 313 g/mol. The zero-order chi connectivity index (χ0) is 13.2. The van der Waals surface area contributed by atoms with Crippen LogP contribution in [0.15, 0.2) is 25.7 Å². The minimum atomic E-state index is 0.562. The molecule has 0 saturated heterocycles. The molecule has 0 fully saturated rings. The molecule has 5 nitrogen and oxygen atoms in total. The molecule has 100 valence electrons. The number of nitrogens with two attached hydrogens (primary N) is 1. The summed E-state index contributed by atoms with van der Waals surface area (Å²) >= 11 is 4.63. The van der Waals surface area contributed by atoms with E-state index in [4.69, 9.17) is 15.2 Å². The number of nitrogens with zero attached hydrogens (tertiary/aromatic N) is 2. The van der Waals surface area contributed by atoms with Gasteiger partial charge in [0.25, 0.3) is 0 Å². The first-order valence-corrected chi connectivity index (χ1v) is 8.36. The molecule has 1 aromatic carbocycles. The first kappa shape index (κ1) is 12.9. The molecule has 1 aliphatic heterocycles. The van der Waals surface area contributed by atoms with E-state index in [2.05, 4.69) is 10.2 Å². The second kappa shape index (κ2) is 5.48. The molecule has 2 heterocycles. The number of benzene rings is 1. The van der Waals surface area contributed by atoms with E-state index in [0.29, 0.717) is 24.7 Å². The number of fused-ring (bicyclic) bond motifs is 1. The first-order chi connectivity index (χ1) is 9.26. The quantitative estimate of drug-likeness (QED) is 0.690. The third kappa shape index (κ3) is 2.75. The Morgan fingerprint density at radius 2 is 1.84 bits per heavy atom. The van der Waals surface area contributed by atoms with Crippen molar-refractivity contribution in [1.82, 2.24) is 10.2 Å². The Balaban J connectivity index is 1.87. The number of anilines is 1. The second-order valence-corrected chi connectivity index (χ2v) is 6.99. The molecule has 0 bridgehead atoms. The van der Waals surface area contributed by atoms with Crippen molar-refractivity contribution in [2.75, 3.05) is 25.2 Å². The Labute approximate surface area is 122 Å². The maximum atomic E-state index is 6.03. The molecular weight excluding hydrogens is 302 g/mol. The lowest BCUT2D eigenvalue weighted by molar-refractivity contribution is 0.171. The molecule has 1 aromatic heterocycles. The minimum Gasteiger partial charge on any atom is -0.486 e. The highest BCUT2D eigenvalue weighted by atomic mass is 32.2. The molecular formula is C11H11N3O2S3. The van der Waals surface area contributed by atoms with Gasteiger partial charge in [0, 0.05) is 22.7 Å². The van der Waals surface area contributed by atoms with E-state index in [1.54, 1.807) is 29.2 Å². The predicted octanol–water partition coefficient (Wildman–Crippen LogP) is 2.76. The third-order valence-corrected chi connectivity index (χ3v) is 5.46. The molecule has 3 rings (SSSR count). The van der Waals surface area contributed by atoms with Crippen molar-refractivity contribution < 1.29 is 9.47 Å². The van der Waals surface area contributed by atoms with Crippen LogP contribution in [0.5, 0.6) is 11.5 Å². The van der Waals surface area contributed by atoms with Gasteiger partial charge in [0.2, 0.25) is 0 Å². The van der Waals surface area contributed by atoms with Crippen LogP contribution in [0.4, 0.5) is 5.69 Å². The van der Waals surface area contributed by atoms with E-state index in [9.17, 15) is 0 Å². The summed E-state index contributed by atoms with van der Waals surface area (Å²) in [7, 11) is 0. The number of hydrogen-bond donors (Lipinski definition) is 1. The van der Waals surface area contributed by atoms with E-state index >= 15 is 0 Å². The molecule has 19 heavy (non-hydrogen) atoms. The van der Waals surface area contributed by atoms with Crippen LogP contribution in [0.25, 0.3) is 0 Å². The Bertz CT molecular complexity index is 603. The molecule has 2 N–H and O–H groups in total. The van der Waals surface area contributed by atoms with Crippen LogP contribution < -0.4 is 15.2 Å². The predicted molar refractivity (Wildman–Crippen MR) is 77.7 cm³/mol. The highest BCUT2D eigenvalue weighted by Crippen LogP contribution is 2.42. The van der Waals surface area contributed by atoms with E-state index in [0.717, 1.165) is 19.3 Å². The third-order valence-electron chi connectivity index (χ3n) is 2.43. The van der Waals surface area contributed by atoms with Crippen molar-refractivity contribution in [1.29, 1.82) is 0 Å². The van der Waals surface area contributed by atoms with E-state index < -0.39 is 0 Å². The fraction of sp³-hybridized carbons (Fsp3) is 0.273. The zero-order valence-electron chi connectivity index (χ0n) is 10.1. The molecule has 1 aliphatic rings. The number of thioether (sulfide) groups is 1. The van der Waals surface area contributed by atoms with Crippen LogP contribution in [0.3, 0.4) is 0 Å². The lowest BCUT2D eigenvalue weighted by Crippen LogP contribution is -2.15. The summed E-state index contributed by atoms with van der Waals surface area (Å²) in [6, 6.07) is 3.70. The molecule has 2 aromatic rings. The average molecular weight is 313 g/mol. The highest BCUT2D eigenvalue weighted by Gasteiger charge is 2.16. The van der Waals surface area contributed by atoms with Gasteiger partial charge in [0.1, 0.15) is 13.2 Å². The molecule has 0 atom stereocenters. The molecule has 8 heteroatoms. The van der Waals surface area contributed by atoms with Gasteiger partial charge in [-0.25, -0.2) is 0 Å². The number of ether oxygens (including phenoxy) is 2. The van der Waals surface area contributed by atoms with Crippen molar-refractivity contribution in [2.24, 2.45) is 0 Å². The molecule has 0 saturated carbocycles. The van der Waals surface area contributed by atoms with Gasteiger partial charge < -0.3 is 15.2 Å². The van der Waals surface area contributed by atoms with Gasteiger partial charge in [-0.1, -0.05) is 34.9 Å². The van der Waals surface area contributed by atoms with Crippen LogP contribution in [-0.4, -0.2) is 29.7 Å². The normalized spacial score (nSPS) is 13.5. The molecule has 0 aliphatic carbocycles.